The van der Waals surface area contributed by atoms with Gasteiger partial charge in [0.25, 0.3) is 0 Å². The zero-order chi connectivity index (χ0) is 20.1. The van der Waals surface area contributed by atoms with Gasteiger partial charge in [-0.25, -0.2) is 0 Å². The van der Waals surface area contributed by atoms with E-state index in [2.05, 4.69) is 4.90 Å². The Morgan fingerprint density at radius 3 is 1.82 bits per heavy atom. The summed E-state index contributed by atoms with van der Waals surface area (Å²) >= 11 is 0. The van der Waals surface area contributed by atoms with Crippen LogP contribution in [0.2, 0.25) is 0 Å². The minimum Gasteiger partial charge on any atom is -0.393 e. The molecule has 2 fully saturated rings. The molecule has 1 aliphatic carbocycles. The minimum absolute atomic E-state index is 0.114. The Labute approximate surface area is 168 Å². The third-order valence-electron chi connectivity index (χ3n) is 5.90. The van der Waals surface area contributed by atoms with E-state index in [0.29, 0.717) is 18.4 Å². The Hall–Kier alpha value is -1.72. The SMILES string of the molecule is CC(C)(O)c1ccc(C(O)CN2C[C@H]3CC(O)C[C@H]3C2)cc1.c1ccccc1. The van der Waals surface area contributed by atoms with Crippen molar-refractivity contribution in [2.75, 3.05) is 19.6 Å². The highest BCUT2D eigenvalue weighted by molar-refractivity contribution is 5.27. The van der Waals surface area contributed by atoms with Crippen LogP contribution in [0.25, 0.3) is 0 Å². The summed E-state index contributed by atoms with van der Waals surface area (Å²) < 4.78 is 0. The van der Waals surface area contributed by atoms with Crippen molar-refractivity contribution in [1.29, 1.82) is 0 Å². The number of nitrogens with zero attached hydrogens (tertiary/aromatic N) is 1. The molecule has 3 N–H and O–H groups in total. The second-order valence-corrected chi connectivity index (χ2v) is 8.72. The molecular formula is C24H33NO3. The molecule has 28 heavy (non-hydrogen) atoms. The zero-order valence-electron chi connectivity index (χ0n) is 16.9. The quantitative estimate of drug-likeness (QED) is 0.758. The first-order valence-electron chi connectivity index (χ1n) is 10.2. The molecule has 0 amide bonds. The van der Waals surface area contributed by atoms with Crippen LogP contribution in [0.4, 0.5) is 0 Å². The normalized spacial score (nSPS) is 25.7. The third kappa shape index (κ3) is 5.65. The van der Waals surface area contributed by atoms with E-state index in [1.807, 2.05) is 60.7 Å². The van der Waals surface area contributed by atoms with Crippen LogP contribution in [0.1, 0.15) is 43.9 Å². The van der Waals surface area contributed by atoms with E-state index in [0.717, 1.165) is 37.1 Å². The highest BCUT2D eigenvalue weighted by atomic mass is 16.3. The first-order chi connectivity index (χ1) is 13.3. The first-order valence-corrected chi connectivity index (χ1v) is 10.2. The largest absolute Gasteiger partial charge is 0.393 e. The van der Waals surface area contributed by atoms with Crippen molar-refractivity contribution < 1.29 is 15.3 Å². The molecule has 1 aliphatic heterocycles. The molecule has 4 atom stereocenters. The third-order valence-corrected chi connectivity index (χ3v) is 5.90. The van der Waals surface area contributed by atoms with Crippen molar-refractivity contribution in [1.82, 2.24) is 4.90 Å². The maximum Gasteiger partial charge on any atom is 0.0916 e. The highest BCUT2D eigenvalue weighted by Gasteiger charge is 2.40. The molecule has 0 radical (unpaired) electrons. The standard InChI is InChI=1S/C18H27NO3.C6H6/c1-18(2,22)15-5-3-12(4-6-15)17(21)11-19-9-13-7-16(20)8-14(13)10-19;1-2-4-6-5-3-1/h3-6,13-14,16-17,20-22H,7-11H2,1-2H3;1-6H/t13-,14+,16?,17?;. The number of likely N-dealkylation sites (tertiary alicyclic amines) is 1. The zero-order valence-corrected chi connectivity index (χ0v) is 16.9. The maximum absolute atomic E-state index is 10.4. The van der Waals surface area contributed by atoms with Crippen LogP contribution in [0.5, 0.6) is 0 Å². The van der Waals surface area contributed by atoms with Gasteiger partial charge in [-0.15, -0.1) is 0 Å². The fraction of sp³-hybridized carbons (Fsp3) is 0.500. The van der Waals surface area contributed by atoms with Crippen LogP contribution in [-0.2, 0) is 5.60 Å². The number of benzene rings is 2. The molecule has 0 spiro atoms. The van der Waals surface area contributed by atoms with Crippen LogP contribution < -0.4 is 0 Å². The number of aliphatic hydroxyl groups excluding tert-OH is 2. The lowest BCUT2D eigenvalue weighted by Crippen LogP contribution is -2.28. The van der Waals surface area contributed by atoms with Crippen molar-refractivity contribution in [3.63, 3.8) is 0 Å². The molecule has 2 aromatic carbocycles. The van der Waals surface area contributed by atoms with Gasteiger partial charge in [0.05, 0.1) is 17.8 Å². The van der Waals surface area contributed by atoms with Gasteiger partial charge in [0.15, 0.2) is 0 Å². The number of rotatable bonds is 4. The molecule has 4 nitrogen and oxygen atoms in total. The van der Waals surface area contributed by atoms with Crippen LogP contribution in [-0.4, -0.2) is 46.0 Å². The van der Waals surface area contributed by atoms with Crippen molar-refractivity contribution in [2.45, 2.75) is 44.5 Å². The van der Waals surface area contributed by atoms with Gasteiger partial charge in [0.2, 0.25) is 0 Å². The topological polar surface area (TPSA) is 63.9 Å². The molecule has 1 saturated heterocycles. The maximum atomic E-state index is 10.4. The van der Waals surface area contributed by atoms with Gasteiger partial charge in [-0.05, 0) is 49.7 Å². The summed E-state index contributed by atoms with van der Waals surface area (Å²) in [6.07, 6.45) is 1.21. The van der Waals surface area contributed by atoms with Gasteiger partial charge < -0.3 is 15.3 Å². The van der Waals surface area contributed by atoms with E-state index >= 15 is 0 Å². The predicted molar refractivity (Wildman–Crippen MR) is 112 cm³/mol. The van der Waals surface area contributed by atoms with Crippen LogP contribution in [0.3, 0.4) is 0 Å². The van der Waals surface area contributed by atoms with E-state index in [4.69, 9.17) is 0 Å². The fourth-order valence-corrected chi connectivity index (χ4v) is 4.36. The van der Waals surface area contributed by atoms with Gasteiger partial charge in [-0.3, -0.25) is 4.90 Å². The number of hydrogen-bond acceptors (Lipinski definition) is 4. The van der Waals surface area contributed by atoms with Crippen molar-refractivity contribution in [3.8, 4) is 0 Å². The molecular weight excluding hydrogens is 350 g/mol. The van der Waals surface area contributed by atoms with Gasteiger partial charge in [-0.2, -0.15) is 0 Å². The second kappa shape index (κ2) is 9.19. The fourth-order valence-electron chi connectivity index (χ4n) is 4.36. The average Bonchev–Trinajstić information content (AvgIpc) is 3.19. The highest BCUT2D eigenvalue weighted by Crippen LogP contribution is 2.38. The molecule has 4 heteroatoms. The summed E-state index contributed by atoms with van der Waals surface area (Å²) in [5.74, 6) is 1.19. The predicted octanol–water partition coefficient (Wildman–Crippen LogP) is 3.34. The van der Waals surface area contributed by atoms with E-state index in [-0.39, 0.29) is 6.10 Å². The average molecular weight is 384 g/mol. The molecule has 2 aliphatic rings. The number of aliphatic hydroxyl groups is 3. The van der Waals surface area contributed by atoms with Crippen molar-refractivity contribution in [3.05, 3.63) is 71.8 Å². The lowest BCUT2D eigenvalue weighted by molar-refractivity contribution is 0.0783. The molecule has 1 saturated carbocycles. The summed E-state index contributed by atoms with van der Waals surface area (Å²) in [6.45, 7) is 6.14. The molecule has 0 bridgehead atoms. The smallest absolute Gasteiger partial charge is 0.0916 e. The molecule has 152 valence electrons. The first kappa shape index (κ1) is 21.0. The van der Waals surface area contributed by atoms with Crippen LogP contribution >= 0.6 is 0 Å². The minimum atomic E-state index is -0.850. The Morgan fingerprint density at radius 2 is 1.39 bits per heavy atom. The van der Waals surface area contributed by atoms with E-state index < -0.39 is 11.7 Å². The van der Waals surface area contributed by atoms with E-state index in [9.17, 15) is 15.3 Å². The lowest BCUT2D eigenvalue weighted by Gasteiger charge is -2.23. The Morgan fingerprint density at radius 1 is 0.929 bits per heavy atom. The van der Waals surface area contributed by atoms with Gasteiger partial charge in [0.1, 0.15) is 0 Å². The summed E-state index contributed by atoms with van der Waals surface area (Å²) in [5.41, 5.74) is 0.898. The summed E-state index contributed by atoms with van der Waals surface area (Å²) in [7, 11) is 0. The lowest BCUT2D eigenvalue weighted by atomic mass is 9.96. The summed E-state index contributed by atoms with van der Waals surface area (Å²) in [5, 5.41) is 30.1. The molecule has 1 heterocycles. The van der Waals surface area contributed by atoms with Crippen LogP contribution in [0, 0.1) is 11.8 Å². The molecule has 4 rings (SSSR count). The monoisotopic (exact) mass is 383 g/mol. The van der Waals surface area contributed by atoms with Gasteiger partial charge in [-0.1, -0.05) is 60.7 Å². The van der Waals surface area contributed by atoms with Gasteiger partial charge in [0, 0.05) is 19.6 Å². The molecule has 0 aromatic heterocycles. The Kier molecular flexibility index (Phi) is 6.89. The number of hydrogen-bond donors (Lipinski definition) is 3. The van der Waals surface area contributed by atoms with E-state index in [1.165, 1.54) is 0 Å². The van der Waals surface area contributed by atoms with Gasteiger partial charge >= 0.3 is 0 Å². The number of β-amino-alcohol motifs (C(OH)–C–C–N with tert-alkyl or cyclic N) is 1. The number of fused-ring (bicyclic) bond motifs is 1. The Balaban J connectivity index is 0.000000320. The summed E-state index contributed by atoms with van der Waals surface area (Å²) in [4.78, 5) is 2.32. The molecule has 2 unspecified atom stereocenters. The van der Waals surface area contributed by atoms with Crippen molar-refractivity contribution in [2.24, 2.45) is 11.8 Å². The van der Waals surface area contributed by atoms with Crippen molar-refractivity contribution >= 4 is 0 Å². The van der Waals surface area contributed by atoms with E-state index in [1.54, 1.807) is 13.8 Å². The van der Waals surface area contributed by atoms with Crippen LogP contribution in [0.15, 0.2) is 60.7 Å². The summed E-state index contributed by atoms with van der Waals surface area (Å²) in [6, 6.07) is 19.6. The second-order valence-electron chi connectivity index (χ2n) is 8.72. The molecule has 2 aromatic rings. The Bertz CT molecular complexity index is 670.